The average molecular weight is 153 g/mol. The summed E-state index contributed by atoms with van der Waals surface area (Å²) in [4.78, 5) is 3.66. The van der Waals surface area contributed by atoms with Crippen molar-refractivity contribution in [2.45, 2.75) is 0 Å². The van der Waals surface area contributed by atoms with E-state index in [0.29, 0.717) is 11.4 Å². The first kappa shape index (κ1) is 7.72. The zero-order valence-corrected chi connectivity index (χ0v) is 6.17. The predicted octanol–water partition coefficient (Wildman–Crippen LogP) is 1.87. The highest BCUT2D eigenvalue weighted by atomic mass is 19.1. The van der Waals surface area contributed by atoms with Gasteiger partial charge in [-0.1, -0.05) is 12.7 Å². The van der Waals surface area contributed by atoms with Crippen molar-refractivity contribution in [2.24, 2.45) is 0 Å². The van der Waals surface area contributed by atoms with Crippen LogP contribution < -0.4 is 4.74 Å². The van der Waals surface area contributed by atoms with Gasteiger partial charge < -0.3 is 4.74 Å². The number of hydrogen-bond acceptors (Lipinski definition) is 2. The number of methoxy groups -OCH3 is 1. The molecule has 0 spiro atoms. The molecule has 11 heavy (non-hydrogen) atoms. The quantitative estimate of drug-likeness (QED) is 0.647. The Morgan fingerprint density at radius 1 is 1.73 bits per heavy atom. The number of rotatable bonds is 2. The fourth-order valence-corrected chi connectivity index (χ4v) is 0.702. The Hall–Kier alpha value is -1.38. The van der Waals surface area contributed by atoms with E-state index in [0.717, 1.165) is 6.20 Å². The van der Waals surface area contributed by atoms with E-state index >= 15 is 0 Å². The Kier molecular flexibility index (Phi) is 2.21. The molecule has 58 valence electrons. The second-order valence-corrected chi connectivity index (χ2v) is 1.95. The molecule has 1 aromatic rings. The van der Waals surface area contributed by atoms with E-state index in [1.165, 1.54) is 19.3 Å². The normalized spacial score (nSPS) is 9.27. The first-order chi connectivity index (χ1) is 5.27. The number of hydrogen-bond donors (Lipinski definition) is 0. The highest BCUT2D eigenvalue weighted by Gasteiger charge is 2.00. The van der Waals surface area contributed by atoms with Gasteiger partial charge in [-0.2, -0.15) is 0 Å². The summed E-state index contributed by atoms with van der Waals surface area (Å²) in [6.07, 6.45) is 2.52. The molecule has 0 saturated heterocycles. The first-order valence-corrected chi connectivity index (χ1v) is 3.10. The summed E-state index contributed by atoms with van der Waals surface area (Å²) in [5.74, 6) is 0.00194. The smallest absolute Gasteiger partial charge is 0.213 e. The monoisotopic (exact) mass is 153 g/mol. The molecule has 0 saturated carbocycles. The van der Waals surface area contributed by atoms with E-state index in [4.69, 9.17) is 4.74 Å². The fraction of sp³-hybridized carbons (Fsp3) is 0.125. The van der Waals surface area contributed by atoms with Gasteiger partial charge in [-0.05, 0) is 0 Å². The summed E-state index contributed by atoms with van der Waals surface area (Å²) in [6, 6.07) is 1.49. The topological polar surface area (TPSA) is 22.1 Å². The summed E-state index contributed by atoms with van der Waals surface area (Å²) >= 11 is 0. The standard InChI is InChI=1S/C8H8FNO/c1-3-6-4-8(11-2)10-5-7(6)9/h3-5H,1H2,2H3. The molecule has 0 aliphatic heterocycles. The zero-order chi connectivity index (χ0) is 8.27. The highest BCUT2D eigenvalue weighted by Crippen LogP contribution is 2.13. The van der Waals surface area contributed by atoms with Crippen LogP contribution in [0.3, 0.4) is 0 Å². The number of nitrogens with zero attached hydrogens (tertiary/aromatic N) is 1. The molecular formula is C8H8FNO. The molecule has 0 aliphatic carbocycles. The molecule has 0 fully saturated rings. The van der Waals surface area contributed by atoms with Crippen molar-refractivity contribution in [3.63, 3.8) is 0 Å². The van der Waals surface area contributed by atoms with Crippen molar-refractivity contribution < 1.29 is 9.13 Å². The Morgan fingerprint density at radius 2 is 2.45 bits per heavy atom. The molecule has 3 heteroatoms. The third-order valence-corrected chi connectivity index (χ3v) is 1.29. The second-order valence-electron chi connectivity index (χ2n) is 1.95. The average Bonchev–Trinajstić information content (AvgIpc) is 2.05. The lowest BCUT2D eigenvalue weighted by Gasteiger charge is -1.99. The van der Waals surface area contributed by atoms with Crippen molar-refractivity contribution >= 4 is 6.08 Å². The number of aromatic nitrogens is 1. The van der Waals surface area contributed by atoms with Crippen LogP contribution in [0.25, 0.3) is 6.08 Å². The summed E-state index contributed by atoms with van der Waals surface area (Å²) in [6.45, 7) is 3.44. The first-order valence-electron chi connectivity index (χ1n) is 3.10. The van der Waals surface area contributed by atoms with Crippen LogP contribution in [0.1, 0.15) is 5.56 Å². The lowest BCUT2D eigenvalue weighted by molar-refractivity contribution is 0.395. The van der Waals surface area contributed by atoms with Gasteiger partial charge in [0, 0.05) is 11.6 Å². The molecule has 1 aromatic heterocycles. The van der Waals surface area contributed by atoms with Gasteiger partial charge in [0.05, 0.1) is 13.3 Å². The van der Waals surface area contributed by atoms with E-state index in [-0.39, 0.29) is 5.82 Å². The molecule has 1 heterocycles. The van der Waals surface area contributed by atoms with E-state index < -0.39 is 0 Å². The maximum atomic E-state index is 12.7. The van der Waals surface area contributed by atoms with Crippen LogP contribution in [-0.4, -0.2) is 12.1 Å². The van der Waals surface area contributed by atoms with Gasteiger partial charge in [0.15, 0.2) is 0 Å². The number of ether oxygens (including phenoxy) is 1. The fourth-order valence-electron chi connectivity index (χ4n) is 0.702. The van der Waals surface area contributed by atoms with Crippen molar-refractivity contribution in [3.8, 4) is 5.88 Å². The van der Waals surface area contributed by atoms with E-state index in [9.17, 15) is 4.39 Å². The van der Waals surface area contributed by atoms with E-state index in [2.05, 4.69) is 11.6 Å². The molecule has 0 amide bonds. The summed E-state index contributed by atoms with van der Waals surface area (Å²) in [7, 11) is 1.48. The Balaban J connectivity index is 3.12. The lowest BCUT2D eigenvalue weighted by Crippen LogP contribution is -1.90. The molecule has 0 aliphatic rings. The van der Waals surface area contributed by atoms with E-state index in [1.54, 1.807) is 0 Å². The van der Waals surface area contributed by atoms with Crippen molar-refractivity contribution in [2.75, 3.05) is 7.11 Å². The lowest BCUT2D eigenvalue weighted by atomic mass is 10.2. The van der Waals surface area contributed by atoms with Crippen LogP contribution in [0, 0.1) is 5.82 Å². The number of halogens is 1. The van der Waals surface area contributed by atoms with Crippen LogP contribution in [0.2, 0.25) is 0 Å². The largest absolute Gasteiger partial charge is 0.481 e. The summed E-state index contributed by atoms with van der Waals surface area (Å²) in [5, 5.41) is 0. The van der Waals surface area contributed by atoms with Crippen LogP contribution >= 0.6 is 0 Å². The van der Waals surface area contributed by atoms with Gasteiger partial charge in [-0.3, -0.25) is 0 Å². The number of pyridine rings is 1. The summed E-state index contributed by atoms with van der Waals surface area (Å²) < 4.78 is 17.5. The van der Waals surface area contributed by atoms with Crippen molar-refractivity contribution in [1.82, 2.24) is 4.98 Å². The zero-order valence-electron chi connectivity index (χ0n) is 6.17. The van der Waals surface area contributed by atoms with Crippen molar-refractivity contribution in [1.29, 1.82) is 0 Å². The molecule has 0 unspecified atom stereocenters. The van der Waals surface area contributed by atoms with Gasteiger partial charge in [-0.15, -0.1) is 0 Å². The molecule has 0 aromatic carbocycles. The summed E-state index contributed by atoms with van der Waals surface area (Å²) in [5.41, 5.74) is 0.400. The van der Waals surface area contributed by atoms with Crippen molar-refractivity contribution in [3.05, 3.63) is 30.2 Å². The van der Waals surface area contributed by atoms with Gasteiger partial charge in [0.25, 0.3) is 0 Å². The minimum absolute atomic E-state index is 0.388. The van der Waals surface area contributed by atoms with E-state index in [1.807, 2.05) is 0 Å². The van der Waals surface area contributed by atoms with Crippen LogP contribution in [0.5, 0.6) is 5.88 Å². The third-order valence-electron chi connectivity index (χ3n) is 1.29. The molecule has 1 rings (SSSR count). The third kappa shape index (κ3) is 1.55. The molecule has 0 radical (unpaired) electrons. The maximum Gasteiger partial charge on any atom is 0.213 e. The van der Waals surface area contributed by atoms with Crippen LogP contribution in [0.4, 0.5) is 4.39 Å². The van der Waals surface area contributed by atoms with Crippen LogP contribution in [0.15, 0.2) is 18.8 Å². The van der Waals surface area contributed by atoms with Gasteiger partial charge in [0.1, 0.15) is 5.82 Å². The minimum atomic E-state index is -0.388. The molecule has 0 atom stereocenters. The SMILES string of the molecule is C=Cc1cc(OC)ncc1F. The Labute approximate surface area is 64.3 Å². The minimum Gasteiger partial charge on any atom is -0.481 e. The highest BCUT2D eigenvalue weighted by molar-refractivity contribution is 5.48. The second kappa shape index (κ2) is 3.14. The molecule has 0 bridgehead atoms. The molecule has 2 nitrogen and oxygen atoms in total. The maximum absolute atomic E-state index is 12.7. The Morgan fingerprint density at radius 3 is 3.00 bits per heavy atom. The van der Waals surface area contributed by atoms with Crippen LogP contribution in [-0.2, 0) is 0 Å². The molecule has 0 N–H and O–H groups in total. The Bertz CT molecular complexity index is 273. The van der Waals surface area contributed by atoms with Gasteiger partial charge >= 0.3 is 0 Å². The van der Waals surface area contributed by atoms with Gasteiger partial charge in [0.2, 0.25) is 5.88 Å². The molecular weight excluding hydrogens is 145 g/mol. The predicted molar refractivity (Wildman–Crippen MR) is 40.8 cm³/mol. The van der Waals surface area contributed by atoms with Gasteiger partial charge in [-0.25, -0.2) is 9.37 Å².